The second-order valence-electron chi connectivity index (χ2n) is 6.51. The lowest BCUT2D eigenvalue weighted by molar-refractivity contribution is -0.117. The molecular weight excluding hydrogens is 328 g/mol. The molecule has 2 aromatic rings. The highest BCUT2D eigenvalue weighted by Crippen LogP contribution is 2.24. The Morgan fingerprint density at radius 2 is 2.00 bits per heavy atom. The fourth-order valence-electron chi connectivity index (χ4n) is 2.95. The fourth-order valence-corrected chi connectivity index (χ4v) is 2.95. The zero-order chi connectivity index (χ0) is 18.4. The van der Waals surface area contributed by atoms with Crippen LogP contribution in [0.25, 0.3) is 0 Å². The average Bonchev–Trinajstić information content (AvgIpc) is 3.06. The molecule has 1 N–H and O–H groups in total. The van der Waals surface area contributed by atoms with Crippen molar-refractivity contribution in [1.82, 2.24) is 0 Å². The van der Waals surface area contributed by atoms with Gasteiger partial charge in [-0.15, -0.1) is 0 Å². The van der Waals surface area contributed by atoms with Gasteiger partial charge in [0.25, 0.3) is 0 Å². The number of nitrogens with zero attached hydrogens (tertiary/aromatic N) is 1. The van der Waals surface area contributed by atoms with Crippen LogP contribution >= 0.6 is 0 Å². The van der Waals surface area contributed by atoms with Gasteiger partial charge in [0.05, 0.1) is 6.61 Å². The molecule has 0 bridgehead atoms. The zero-order valence-electron chi connectivity index (χ0n) is 15.0. The number of hydrogen-bond acceptors (Lipinski definition) is 3. The minimum absolute atomic E-state index is 0.0533. The molecule has 136 valence electrons. The third-order valence-corrected chi connectivity index (χ3v) is 4.35. The van der Waals surface area contributed by atoms with E-state index in [4.69, 9.17) is 4.74 Å². The standard InChI is InChI=1S/C21H24N2O3/c1-16-9-11-19(12-10-16)26-14-4-7-20(24)22-17-5-2-6-18(15-17)23-13-3-8-21(23)25/h2,5-6,9-12,15H,3-4,7-8,13-14H2,1H3,(H,22,24). The summed E-state index contributed by atoms with van der Waals surface area (Å²) in [6.45, 7) is 3.27. The minimum atomic E-state index is -0.0533. The monoisotopic (exact) mass is 352 g/mol. The number of ether oxygens (including phenoxy) is 1. The van der Waals surface area contributed by atoms with Gasteiger partial charge in [-0.05, 0) is 50.1 Å². The first kappa shape index (κ1) is 18.0. The average molecular weight is 352 g/mol. The molecule has 0 radical (unpaired) electrons. The van der Waals surface area contributed by atoms with E-state index < -0.39 is 0 Å². The maximum absolute atomic E-state index is 12.1. The third-order valence-electron chi connectivity index (χ3n) is 4.35. The van der Waals surface area contributed by atoms with E-state index in [0.29, 0.717) is 31.6 Å². The summed E-state index contributed by atoms with van der Waals surface area (Å²) in [7, 11) is 0. The lowest BCUT2D eigenvalue weighted by Gasteiger charge is -2.16. The molecule has 5 nitrogen and oxygen atoms in total. The molecule has 0 unspecified atom stereocenters. The minimum Gasteiger partial charge on any atom is -0.494 e. The second-order valence-corrected chi connectivity index (χ2v) is 6.51. The summed E-state index contributed by atoms with van der Waals surface area (Å²) >= 11 is 0. The maximum Gasteiger partial charge on any atom is 0.227 e. The third kappa shape index (κ3) is 4.85. The molecule has 1 saturated heterocycles. The molecule has 26 heavy (non-hydrogen) atoms. The molecule has 0 aromatic heterocycles. The normalized spacial score (nSPS) is 13.7. The van der Waals surface area contributed by atoms with Crippen molar-refractivity contribution in [2.24, 2.45) is 0 Å². The molecule has 1 heterocycles. The van der Waals surface area contributed by atoms with Crippen molar-refractivity contribution in [3.63, 3.8) is 0 Å². The summed E-state index contributed by atoms with van der Waals surface area (Å²) in [5.41, 5.74) is 2.74. The number of carbonyl (C=O) groups is 2. The first-order chi connectivity index (χ1) is 12.6. The molecule has 3 rings (SSSR count). The number of anilines is 2. The Bertz CT molecular complexity index is 771. The van der Waals surface area contributed by atoms with Crippen LogP contribution in [0.15, 0.2) is 48.5 Å². The van der Waals surface area contributed by atoms with Crippen LogP contribution in [-0.4, -0.2) is 25.0 Å². The SMILES string of the molecule is Cc1ccc(OCCCC(=O)Nc2cccc(N3CCCC3=O)c2)cc1. The summed E-state index contributed by atoms with van der Waals surface area (Å²) in [6.07, 6.45) is 2.51. The van der Waals surface area contributed by atoms with E-state index in [9.17, 15) is 9.59 Å². The highest BCUT2D eigenvalue weighted by atomic mass is 16.5. The van der Waals surface area contributed by atoms with E-state index in [1.54, 1.807) is 4.90 Å². The van der Waals surface area contributed by atoms with E-state index >= 15 is 0 Å². The summed E-state index contributed by atoms with van der Waals surface area (Å²) in [5.74, 6) is 0.906. The van der Waals surface area contributed by atoms with Crippen LogP contribution in [-0.2, 0) is 9.59 Å². The molecule has 1 aliphatic heterocycles. The van der Waals surface area contributed by atoms with Crippen LogP contribution in [0.2, 0.25) is 0 Å². The van der Waals surface area contributed by atoms with Crippen LogP contribution in [0.5, 0.6) is 5.75 Å². The molecule has 0 saturated carbocycles. The van der Waals surface area contributed by atoms with E-state index in [0.717, 1.165) is 24.4 Å². The van der Waals surface area contributed by atoms with Gasteiger partial charge in [0.1, 0.15) is 5.75 Å². The predicted octanol–water partition coefficient (Wildman–Crippen LogP) is 3.92. The molecule has 0 spiro atoms. The Morgan fingerprint density at radius 1 is 1.19 bits per heavy atom. The number of carbonyl (C=O) groups excluding carboxylic acids is 2. The molecule has 5 heteroatoms. The van der Waals surface area contributed by atoms with E-state index in [1.165, 1.54) is 5.56 Å². The van der Waals surface area contributed by atoms with Crippen LogP contribution in [0.4, 0.5) is 11.4 Å². The largest absolute Gasteiger partial charge is 0.494 e. The van der Waals surface area contributed by atoms with Crippen molar-refractivity contribution in [3.05, 3.63) is 54.1 Å². The van der Waals surface area contributed by atoms with Gasteiger partial charge >= 0.3 is 0 Å². The Labute approximate surface area is 154 Å². The Kier molecular flexibility index (Phi) is 5.89. The van der Waals surface area contributed by atoms with Crippen molar-refractivity contribution in [3.8, 4) is 5.75 Å². The van der Waals surface area contributed by atoms with Crippen LogP contribution in [0, 0.1) is 6.92 Å². The predicted molar refractivity (Wildman–Crippen MR) is 103 cm³/mol. The van der Waals surface area contributed by atoms with Gasteiger partial charge in [0.2, 0.25) is 11.8 Å². The van der Waals surface area contributed by atoms with Gasteiger partial charge in [0.15, 0.2) is 0 Å². The number of nitrogens with one attached hydrogen (secondary N) is 1. The smallest absolute Gasteiger partial charge is 0.227 e. The summed E-state index contributed by atoms with van der Waals surface area (Å²) in [6, 6.07) is 15.3. The second kappa shape index (κ2) is 8.52. The van der Waals surface area contributed by atoms with Crippen molar-refractivity contribution < 1.29 is 14.3 Å². The van der Waals surface area contributed by atoms with Crippen LogP contribution in [0.1, 0.15) is 31.2 Å². The summed E-state index contributed by atoms with van der Waals surface area (Å²) in [4.78, 5) is 25.7. The van der Waals surface area contributed by atoms with E-state index in [2.05, 4.69) is 5.32 Å². The lowest BCUT2D eigenvalue weighted by Crippen LogP contribution is -2.23. The molecule has 2 amide bonds. The fraction of sp³-hybridized carbons (Fsp3) is 0.333. The number of amides is 2. The van der Waals surface area contributed by atoms with Gasteiger partial charge in [-0.1, -0.05) is 23.8 Å². The highest BCUT2D eigenvalue weighted by molar-refractivity contribution is 5.97. The highest BCUT2D eigenvalue weighted by Gasteiger charge is 2.21. The first-order valence-electron chi connectivity index (χ1n) is 9.01. The molecular formula is C21H24N2O3. The first-order valence-corrected chi connectivity index (χ1v) is 9.01. The zero-order valence-corrected chi connectivity index (χ0v) is 15.0. The molecule has 0 atom stereocenters. The maximum atomic E-state index is 12.1. The van der Waals surface area contributed by atoms with Crippen molar-refractivity contribution in [2.75, 3.05) is 23.4 Å². The van der Waals surface area contributed by atoms with Gasteiger partial charge < -0.3 is 15.0 Å². The van der Waals surface area contributed by atoms with Gasteiger partial charge in [0, 0.05) is 30.8 Å². The lowest BCUT2D eigenvalue weighted by atomic mass is 10.2. The van der Waals surface area contributed by atoms with Crippen LogP contribution in [0.3, 0.4) is 0 Å². The van der Waals surface area contributed by atoms with Gasteiger partial charge in [-0.3, -0.25) is 9.59 Å². The van der Waals surface area contributed by atoms with E-state index in [1.807, 2.05) is 55.5 Å². The molecule has 2 aromatic carbocycles. The summed E-state index contributed by atoms with van der Waals surface area (Å²) < 4.78 is 5.64. The Morgan fingerprint density at radius 3 is 2.73 bits per heavy atom. The number of aryl methyl sites for hydroxylation is 1. The van der Waals surface area contributed by atoms with Crippen molar-refractivity contribution in [1.29, 1.82) is 0 Å². The van der Waals surface area contributed by atoms with Crippen molar-refractivity contribution in [2.45, 2.75) is 32.6 Å². The Hall–Kier alpha value is -2.82. The van der Waals surface area contributed by atoms with Gasteiger partial charge in [-0.25, -0.2) is 0 Å². The number of benzene rings is 2. The number of rotatable bonds is 7. The topological polar surface area (TPSA) is 58.6 Å². The Balaban J connectivity index is 1.44. The van der Waals surface area contributed by atoms with Gasteiger partial charge in [-0.2, -0.15) is 0 Å². The summed E-state index contributed by atoms with van der Waals surface area (Å²) in [5, 5.41) is 2.89. The molecule has 1 fully saturated rings. The van der Waals surface area contributed by atoms with Crippen LogP contribution < -0.4 is 15.0 Å². The molecule has 1 aliphatic rings. The quantitative estimate of drug-likeness (QED) is 0.769. The van der Waals surface area contributed by atoms with E-state index in [-0.39, 0.29) is 11.8 Å². The molecule has 0 aliphatic carbocycles. The number of hydrogen-bond donors (Lipinski definition) is 1. The van der Waals surface area contributed by atoms with Crippen molar-refractivity contribution >= 4 is 23.2 Å².